The fraction of sp³-hybridized carbons (Fsp3) is 0.448. The average Bonchev–Trinajstić information content (AvgIpc) is 3.28. The summed E-state index contributed by atoms with van der Waals surface area (Å²) in [7, 11) is 1.76. The SMILES string of the molecule is CO[C@@H](c1cc(COc2ccc3c(c2)[C@]2(CCC3)C[C@H]2C(=O)O)ccc1-c1cncs1)C(C)(C)C. The molecular weight excluding hydrogens is 458 g/mol. The summed E-state index contributed by atoms with van der Waals surface area (Å²) in [6.45, 7) is 6.99. The van der Waals surface area contributed by atoms with Crippen molar-refractivity contribution >= 4 is 17.3 Å². The number of carbonyl (C=O) groups is 1. The maximum Gasteiger partial charge on any atom is 0.307 e. The highest BCUT2D eigenvalue weighted by Crippen LogP contribution is 2.60. The normalized spacial score (nSPS) is 22.0. The van der Waals surface area contributed by atoms with E-state index in [1.807, 2.05) is 17.8 Å². The molecule has 3 atom stereocenters. The number of aryl methyl sites for hydroxylation is 1. The van der Waals surface area contributed by atoms with E-state index in [1.54, 1.807) is 18.4 Å². The Balaban J connectivity index is 1.41. The molecule has 0 bridgehead atoms. The van der Waals surface area contributed by atoms with Gasteiger partial charge in [0.25, 0.3) is 0 Å². The number of nitrogens with zero attached hydrogens (tertiary/aromatic N) is 1. The Labute approximate surface area is 211 Å². The topological polar surface area (TPSA) is 68.7 Å². The molecule has 0 unspecified atom stereocenters. The minimum atomic E-state index is -0.677. The average molecular weight is 492 g/mol. The van der Waals surface area contributed by atoms with Gasteiger partial charge in [-0.25, -0.2) is 0 Å². The molecule has 1 fully saturated rings. The zero-order valence-corrected chi connectivity index (χ0v) is 21.7. The molecule has 0 radical (unpaired) electrons. The van der Waals surface area contributed by atoms with E-state index in [1.165, 1.54) is 11.1 Å². The van der Waals surface area contributed by atoms with E-state index in [9.17, 15) is 9.90 Å². The maximum atomic E-state index is 11.7. The molecule has 1 saturated carbocycles. The van der Waals surface area contributed by atoms with E-state index >= 15 is 0 Å². The van der Waals surface area contributed by atoms with Gasteiger partial charge in [0, 0.05) is 18.7 Å². The smallest absolute Gasteiger partial charge is 0.307 e. The molecule has 1 N–H and O–H groups in total. The first-order chi connectivity index (χ1) is 16.7. The lowest BCUT2D eigenvalue weighted by Gasteiger charge is -2.31. The predicted octanol–water partition coefficient (Wildman–Crippen LogP) is 6.80. The second kappa shape index (κ2) is 9.07. The van der Waals surface area contributed by atoms with Gasteiger partial charge in [-0.1, -0.05) is 39.0 Å². The summed E-state index contributed by atoms with van der Waals surface area (Å²) in [6.07, 6.45) is 5.59. The van der Waals surface area contributed by atoms with Crippen LogP contribution in [0.5, 0.6) is 5.75 Å². The molecule has 0 saturated heterocycles. The quantitative estimate of drug-likeness (QED) is 0.394. The van der Waals surface area contributed by atoms with E-state index in [4.69, 9.17) is 9.47 Å². The second-order valence-corrected chi connectivity index (χ2v) is 11.9. The van der Waals surface area contributed by atoms with Crippen LogP contribution in [0.25, 0.3) is 10.4 Å². The third-order valence-corrected chi connectivity index (χ3v) is 8.39. The van der Waals surface area contributed by atoms with Crippen molar-refractivity contribution in [3.8, 4) is 16.2 Å². The lowest BCUT2D eigenvalue weighted by Crippen LogP contribution is -2.21. The molecule has 1 heterocycles. The van der Waals surface area contributed by atoms with Crippen LogP contribution in [0.3, 0.4) is 0 Å². The van der Waals surface area contributed by atoms with Crippen LogP contribution in [0.1, 0.15) is 68.4 Å². The number of ether oxygens (including phenoxy) is 2. The van der Waals surface area contributed by atoms with Gasteiger partial charge in [0.15, 0.2) is 0 Å². The van der Waals surface area contributed by atoms with Gasteiger partial charge in [-0.15, -0.1) is 11.3 Å². The minimum absolute atomic E-state index is 0.0778. The third kappa shape index (κ3) is 4.50. The highest BCUT2D eigenvalue weighted by atomic mass is 32.1. The Morgan fingerprint density at radius 3 is 2.74 bits per heavy atom. The number of aromatic nitrogens is 1. The predicted molar refractivity (Wildman–Crippen MR) is 138 cm³/mol. The highest BCUT2D eigenvalue weighted by molar-refractivity contribution is 7.13. The van der Waals surface area contributed by atoms with E-state index in [2.05, 4.69) is 56.1 Å². The van der Waals surface area contributed by atoms with Crippen molar-refractivity contribution in [3.05, 3.63) is 70.4 Å². The highest BCUT2D eigenvalue weighted by Gasteiger charge is 2.60. The van der Waals surface area contributed by atoms with Crippen LogP contribution in [-0.4, -0.2) is 23.2 Å². The van der Waals surface area contributed by atoms with Crippen LogP contribution in [0.2, 0.25) is 0 Å². The van der Waals surface area contributed by atoms with Crippen LogP contribution in [-0.2, 0) is 28.0 Å². The number of aliphatic carboxylic acids is 1. The Morgan fingerprint density at radius 2 is 2.09 bits per heavy atom. The Kier molecular flexibility index (Phi) is 6.22. The van der Waals surface area contributed by atoms with Crippen LogP contribution in [0.4, 0.5) is 0 Å². The summed E-state index contributed by atoms with van der Waals surface area (Å²) in [4.78, 5) is 17.1. The Morgan fingerprint density at radius 1 is 1.26 bits per heavy atom. The number of benzene rings is 2. The van der Waals surface area contributed by atoms with Gasteiger partial charge >= 0.3 is 5.97 Å². The van der Waals surface area contributed by atoms with Crippen molar-refractivity contribution in [3.63, 3.8) is 0 Å². The van der Waals surface area contributed by atoms with Crippen LogP contribution in [0.15, 0.2) is 48.1 Å². The molecule has 1 aromatic heterocycles. The summed E-state index contributed by atoms with van der Waals surface area (Å²) in [5, 5.41) is 9.61. The number of carboxylic acid groups (broad SMARTS) is 1. The van der Waals surface area contributed by atoms with E-state index in [-0.39, 0.29) is 22.9 Å². The molecule has 3 aromatic rings. The molecule has 35 heavy (non-hydrogen) atoms. The van der Waals surface area contributed by atoms with Gasteiger partial charge in [-0.2, -0.15) is 0 Å². The molecular formula is C29H33NO4S. The zero-order chi connectivity index (χ0) is 24.8. The summed E-state index contributed by atoms with van der Waals surface area (Å²) < 4.78 is 12.2. The molecule has 5 nitrogen and oxygen atoms in total. The maximum absolute atomic E-state index is 11.7. The largest absolute Gasteiger partial charge is 0.489 e. The minimum Gasteiger partial charge on any atom is -0.489 e. The Bertz CT molecular complexity index is 1230. The van der Waals surface area contributed by atoms with Crippen molar-refractivity contribution in [2.24, 2.45) is 11.3 Å². The van der Waals surface area contributed by atoms with E-state index in [0.717, 1.165) is 53.0 Å². The molecule has 0 amide bonds. The van der Waals surface area contributed by atoms with Crippen molar-refractivity contribution in [1.29, 1.82) is 0 Å². The second-order valence-electron chi connectivity index (χ2n) is 11.0. The number of thiazole rings is 1. The first-order valence-corrected chi connectivity index (χ1v) is 13.1. The van der Waals surface area contributed by atoms with Gasteiger partial charge in [0.1, 0.15) is 12.4 Å². The van der Waals surface area contributed by atoms with Crippen molar-refractivity contribution in [2.45, 2.75) is 64.6 Å². The van der Waals surface area contributed by atoms with Gasteiger partial charge < -0.3 is 14.6 Å². The number of fused-ring (bicyclic) bond motifs is 2. The lowest BCUT2D eigenvalue weighted by atomic mass is 9.78. The van der Waals surface area contributed by atoms with Crippen LogP contribution >= 0.6 is 11.3 Å². The molecule has 1 spiro atoms. The molecule has 2 aliphatic carbocycles. The zero-order valence-electron chi connectivity index (χ0n) is 20.8. The third-order valence-electron chi connectivity index (χ3n) is 7.58. The number of methoxy groups -OCH3 is 1. The summed E-state index contributed by atoms with van der Waals surface area (Å²) in [5.74, 6) is -0.139. The van der Waals surface area contributed by atoms with Gasteiger partial charge in [-0.3, -0.25) is 9.78 Å². The summed E-state index contributed by atoms with van der Waals surface area (Å²) in [6, 6.07) is 12.7. The fourth-order valence-corrected chi connectivity index (χ4v) is 6.53. The first kappa shape index (κ1) is 24.0. The monoisotopic (exact) mass is 491 g/mol. The van der Waals surface area contributed by atoms with E-state index < -0.39 is 5.97 Å². The van der Waals surface area contributed by atoms with Crippen molar-refractivity contribution < 1.29 is 19.4 Å². The summed E-state index contributed by atoms with van der Waals surface area (Å²) in [5.41, 5.74) is 7.39. The number of hydrogen-bond acceptors (Lipinski definition) is 5. The fourth-order valence-electron chi connectivity index (χ4n) is 5.86. The molecule has 5 rings (SSSR count). The van der Waals surface area contributed by atoms with E-state index in [0.29, 0.717) is 6.61 Å². The van der Waals surface area contributed by atoms with Crippen LogP contribution in [0, 0.1) is 11.3 Å². The van der Waals surface area contributed by atoms with Gasteiger partial charge in [0.2, 0.25) is 0 Å². The van der Waals surface area contributed by atoms with Crippen molar-refractivity contribution in [1.82, 2.24) is 4.98 Å². The molecule has 0 aliphatic heterocycles. The molecule has 184 valence electrons. The summed E-state index contributed by atoms with van der Waals surface area (Å²) >= 11 is 1.63. The number of rotatable bonds is 7. The van der Waals surface area contributed by atoms with Crippen LogP contribution < -0.4 is 4.74 Å². The molecule has 2 aliphatic rings. The number of hydrogen-bond donors (Lipinski definition) is 1. The molecule has 6 heteroatoms. The van der Waals surface area contributed by atoms with Crippen molar-refractivity contribution in [2.75, 3.05) is 7.11 Å². The standard InChI is InChI=1S/C29H33NO4S/c1-28(2,3)26(33-4)22-12-18(7-10-21(22)25-15-30-17-35-25)16-34-20-9-8-19-6-5-11-29(23(19)13-20)14-24(29)27(31)32/h7-10,12-13,15,17,24,26H,5-6,11,14,16H2,1-4H3,(H,31,32)/t24-,26-,29-/m0/s1. The molecule has 2 aromatic carbocycles. The van der Waals surface area contributed by atoms with Gasteiger partial charge in [0.05, 0.1) is 22.4 Å². The van der Waals surface area contributed by atoms with Gasteiger partial charge in [-0.05, 0) is 77.1 Å². The first-order valence-electron chi connectivity index (χ1n) is 12.3. The lowest BCUT2D eigenvalue weighted by molar-refractivity contribution is -0.139. The Hall–Kier alpha value is -2.70. The number of carboxylic acids is 1.